The Bertz CT molecular complexity index is 391. The van der Waals surface area contributed by atoms with Crippen molar-refractivity contribution < 1.29 is 4.42 Å². The van der Waals surface area contributed by atoms with E-state index in [-0.39, 0.29) is 6.04 Å². The van der Waals surface area contributed by atoms with E-state index in [4.69, 9.17) is 10.2 Å². The first-order chi connectivity index (χ1) is 6.77. The van der Waals surface area contributed by atoms with E-state index in [9.17, 15) is 0 Å². The molecule has 0 aliphatic heterocycles. The average Bonchev–Trinajstić information content (AvgIpc) is 2.75. The maximum absolute atomic E-state index is 6.01. The van der Waals surface area contributed by atoms with Crippen molar-refractivity contribution in [3.8, 4) is 0 Å². The molecule has 14 heavy (non-hydrogen) atoms. The minimum absolute atomic E-state index is 0.0556. The second kappa shape index (κ2) is 3.67. The van der Waals surface area contributed by atoms with Gasteiger partial charge in [0.05, 0.1) is 6.26 Å². The number of aryl methyl sites for hydroxylation is 1. The molecule has 74 valence electrons. The first-order valence-electron chi connectivity index (χ1n) is 4.55. The number of nitrogens with zero attached hydrogens (tertiary/aromatic N) is 1. The number of H-pyrrole nitrogens is 1. The zero-order valence-electron chi connectivity index (χ0n) is 8.03. The molecule has 0 aromatic carbocycles. The highest BCUT2D eigenvalue weighted by Crippen LogP contribution is 2.18. The molecule has 2 aromatic rings. The smallest absolute Gasteiger partial charge is 0.107 e. The van der Waals surface area contributed by atoms with Gasteiger partial charge in [-0.05, 0) is 13.0 Å². The van der Waals surface area contributed by atoms with Crippen molar-refractivity contribution in [3.05, 3.63) is 41.9 Å². The van der Waals surface area contributed by atoms with Crippen molar-refractivity contribution in [2.45, 2.75) is 19.4 Å². The van der Waals surface area contributed by atoms with E-state index in [0.717, 1.165) is 17.1 Å². The summed E-state index contributed by atoms with van der Waals surface area (Å²) in [5.74, 6) is 1.78. The lowest BCUT2D eigenvalue weighted by atomic mass is 10.1. The van der Waals surface area contributed by atoms with Gasteiger partial charge in [-0.3, -0.25) is 0 Å². The van der Waals surface area contributed by atoms with Crippen LogP contribution in [-0.4, -0.2) is 9.97 Å². The van der Waals surface area contributed by atoms with Gasteiger partial charge in [0, 0.05) is 30.4 Å². The molecule has 2 rings (SSSR count). The Labute approximate surface area is 82.1 Å². The zero-order valence-corrected chi connectivity index (χ0v) is 8.03. The molecule has 0 aliphatic carbocycles. The Morgan fingerprint density at radius 2 is 2.50 bits per heavy atom. The van der Waals surface area contributed by atoms with E-state index in [1.54, 1.807) is 18.7 Å². The van der Waals surface area contributed by atoms with Gasteiger partial charge >= 0.3 is 0 Å². The quantitative estimate of drug-likeness (QED) is 0.773. The fraction of sp³-hybridized carbons (Fsp3) is 0.300. The molecule has 1 unspecified atom stereocenters. The summed E-state index contributed by atoms with van der Waals surface area (Å²) >= 11 is 0. The fourth-order valence-electron chi connectivity index (χ4n) is 1.51. The zero-order chi connectivity index (χ0) is 9.97. The predicted octanol–water partition coefficient (Wildman–Crippen LogP) is 1.55. The largest absolute Gasteiger partial charge is 0.469 e. The molecule has 0 bridgehead atoms. The SMILES string of the molecule is Cc1occc1C(N)Cc1ncc[nH]1. The monoisotopic (exact) mass is 191 g/mol. The molecule has 2 heterocycles. The Hall–Kier alpha value is -1.55. The molecular weight excluding hydrogens is 178 g/mol. The lowest BCUT2D eigenvalue weighted by Gasteiger charge is -2.08. The van der Waals surface area contributed by atoms with Crippen LogP contribution < -0.4 is 5.73 Å². The van der Waals surface area contributed by atoms with Crippen LogP contribution in [0.1, 0.15) is 23.2 Å². The van der Waals surface area contributed by atoms with Gasteiger partial charge in [-0.15, -0.1) is 0 Å². The number of hydrogen-bond acceptors (Lipinski definition) is 3. The summed E-state index contributed by atoms with van der Waals surface area (Å²) in [6, 6.07) is 1.85. The molecule has 0 aliphatic rings. The minimum atomic E-state index is -0.0556. The Kier molecular flexibility index (Phi) is 2.37. The van der Waals surface area contributed by atoms with E-state index in [2.05, 4.69) is 9.97 Å². The minimum Gasteiger partial charge on any atom is -0.469 e. The summed E-state index contributed by atoms with van der Waals surface area (Å²) in [5, 5.41) is 0. The Morgan fingerprint density at radius 3 is 3.07 bits per heavy atom. The molecule has 0 amide bonds. The Morgan fingerprint density at radius 1 is 1.64 bits per heavy atom. The van der Waals surface area contributed by atoms with Crippen LogP contribution in [0.3, 0.4) is 0 Å². The van der Waals surface area contributed by atoms with Crippen LogP contribution in [0.25, 0.3) is 0 Å². The second-order valence-electron chi connectivity index (χ2n) is 3.28. The number of imidazole rings is 1. The molecule has 3 N–H and O–H groups in total. The maximum Gasteiger partial charge on any atom is 0.107 e. The van der Waals surface area contributed by atoms with Gasteiger partial charge in [-0.25, -0.2) is 4.98 Å². The fourth-order valence-corrected chi connectivity index (χ4v) is 1.51. The molecule has 0 fully saturated rings. The van der Waals surface area contributed by atoms with Crippen LogP contribution >= 0.6 is 0 Å². The summed E-state index contributed by atoms with van der Waals surface area (Å²) in [6.07, 6.45) is 5.88. The first-order valence-corrected chi connectivity index (χ1v) is 4.55. The summed E-state index contributed by atoms with van der Waals surface area (Å²) < 4.78 is 5.19. The lowest BCUT2D eigenvalue weighted by molar-refractivity contribution is 0.523. The maximum atomic E-state index is 6.01. The molecular formula is C10H13N3O. The van der Waals surface area contributed by atoms with E-state index in [1.165, 1.54) is 0 Å². The number of aromatic nitrogens is 2. The van der Waals surface area contributed by atoms with Crippen LogP contribution in [0.4, 0.5) is 0 Å². The number of aromatic amines is 1. The van der Waals surface area contributed by atoms with Gasteiger partial charge in [-0.2, -0.15) is 0 Å². The number of hydrogen-bond donors (Lipinski definition) is 2. The highest BCUT2D eigenvalue weighted by Gasteiger charge is 2.12. The molecule has 4 nitrogen and oxygen atoms in total. The molecule has 0 radical (unpaired) electrons. The third-order valence-corrected chi connectivity index (χ3v) is 2.27. The van der Waals surface area contributed by atoms with Crippen molar-refractivity contribution in [1.82, 2.24) is 9.97 Å². The third-order valence-electron chi connectivity index (χ3n) is 2.27. The van der Waals surface area contributed by atoms with Crippen LogP contribution in [-0.2, 0) is 6.42 Å². The molecule has 0 spiro atoms. The van der Waals surface area contributed by atoms with Gasteiger partial charge in [0.15, 0.2) is 0 Å². The number of nitrogens with two attached hydrogens (primary N) is 1. The molecule has 0 saturated carbocycles. The van der Waals surface area contributed by atoms with Crippen molar-refractivity contribution in [2.24, 2.45) is 5.73 Å². The molecule has 1 atom stereocenters. The topological polar surface area (TPSA) is 67.8 Å². The van der Waals surface area contributed by atoms with Crippen LogP contribution in [0.15, 0.2) is 29.1 Å². The van der Waals surface area contributed by atoms with Crippen molar-refractivity contribution in [2.75, 3.05) is 0 Å². The Balaban J connectivity index is 2.10. The van der Waals surface area contributed by atoms with E-state index >= 15 is 0 Å². The average molecular weight is 191 g/mol. The summed E-state index contributed by atoms with van der Waals surface area (Å²) in [5.41, 5.74) is 7.05. The number of rotatable bonds is 3. The van der Waals surface area contributed by atoms with Gasteiger partial charge < -0.3 is 15.1 Å². The lowest BCUT2D eigenvalue weighted by Crippen LogP contribution is -2.14. The highest BCUT2D eigenvalue weighted by molar-refractivity contribution is 5.20. The van der Waals surface area contributed by atoms with Crippen molar-refractivity contribution in [3.63, 3.8) is 0 Å². The van der Waals surface area contributed by atoms with Gasteiger partial charge in [0.1, 0.15) is 11.6 Å². The highest BCUT2D eigenvalue weighted by atomic mass is 16.3. The molecule has 0 saturated heterocycles. The van der Waals surface area contributed by atoms with E-state index in [0.29, 0.717) is 6.42 Å². The van der Waals surface area contributed by atoms with E-state index < -0.39 is 0 Å². The van der Waals surface area contributed by atoms with Gasteiger partial charge in [-0.1, -0.05) is 0 Å². The number of nitrogens with one attached hydrogen (secondary N) is 1. The summed E-state index contributed by atoms with van der Waals surface area (Å²) in [7, 11) is 0. The van der Waals surface area contributed by atoms with Crippen LogP contribution in [0.2, 0.25) is 0 Å². The predicted molar refractivity (Wildman–Crippen MR) is 52.7 cm³/mol. The van der Waals surface area contributed by atoms with Crippen LogP contribution in [0.5, 0.6) is 0 Å². The van der Waals surface area contributed by atoms with Crippen LogP contribution in [0, 0.1) is 6.92 Å². The summed E-state index contributed by atoms with van der Waals surface area (Å²) in [4.78, 5) is 7.16. The van der Waals surface area contributed by atoms with Crippen molar-refractivity contribution >= 4 is 0 Å². The molecule has 2 aromatic heterocycles. The first kappa shape index (κ1) is 9.02. The van der Waals surface area contributed by atoms with Gasteiger partial charge in [0.25, 0.3) is 0 Å². The standard InChI is InChI=1S/C10H13N3O/c1-7-8(2-5-14-7)9(11)6-10-12-3-4-13-10/h2-5,9H,6,11H2,1H3,(H,12,13). The third kappa shape index (κ3) is 1.70. The summed E-state index contributed by atoms with van der Waals surface area (Å²) in [6.45, 7) is 1.91. The number of furan rings is 1. The second-order valence-corrected chi connectivity index (χ2v) is 3.28. The van der Waals surface area contributed by atoms with E-state index in [1.807, 2.05) is 13.0 Å². The normalized spacial score (nSPS) is 13.0. The van der Waals surface area contributed by atoms with Gasteiger partial charge in [0.2, 0.25) is 0 Å². The molecule has 4 heteroatoms. The van der Waals surface area contributed by atoms with Crippen molar-refractivity contribution in [1.29, 1.82) is 0 Å².